The Morgan fingerprint density at radius 1 is 1.44 bits per heavy atom. The van der Waals surface area contributed by atoms with Crippen molar-refractivity contribution in [2.45, 2.75) is 37.8 Å². The van der Waals surface area contributed by atoms with E-state index >= 15 is 0 Å². The maximum Gasteiger partial charge on any atom is 0.0593 e. The lowest BCUT2D eigenvalue weighted by Gasteiger charge is -2.37. The van der Waals surface area contributed by atoms with Crippen LogP contribution in [0.5, 0.6) is 0 Å². The summed E-state index contributed by atoms with van der Waals surface area (Å²) in [6, 6.07) is 0.628. The van der Waals surface area contributed by atoms with Crippen LogP contribution in [0.2, 0.25) is 0 Å². The van der Waals surface area contributed by atoms with E-state index in [9.17, 15) is 0 Å². The Morgan fingerprint density at radius 3 is 2.67 bits per heavy atom. The van der Waals surface area contributed by atoms with E-state index in [0.717, 1.165) is 38.8 Å². The predicted molar refractivity (Wildman–Crippen MR) is 74.7 cm³/mol. The number of nitrogens with zero attached hydrogens (tertiary/aromatic N) is 2. The maximum atomic E-state index is 6.05. The zero-order valence-corrected chi connectivity index (χ0v) is 12.2. The molecule has 0 bridgehead atoms. The van der Waals surface area contributed by atoms with Gasteiger partial charge in [-0.25, -0.2) is 0 Å². The molecule has 4 heteroatoms. The van der Waals surface area contributed by atoms with Gasteiger partial charge in [-0.15, -0.1) is 0 Å². The fourth-order valence-corrected chi connectivity index (χ4v) is 2.94. The van der Waals surface area contributed by atoms with Gasteiger partial charge in [0.1, 0.15) is 0 Å². The minimum Gasteiger partial charge on any atom is -0.380 e. The Balaban J connectivity index is 1.75. The molecule has 2 aliphatic rings. The van der Waals surface area contributed by atoms with Crippen LogP contribution in [-0.2, 0) is 4.74 Å². The average Bonchev–Trinajstić information content (AvgIpc) is 3.12. The third kappa shape index (κ3) is 3.23. The van der Waals surface area contributed by atoms with Crippen molar-refractivity contribution < 1.29 is 4.74 Å². The van der Waals surface area contributed by atoms with E-state index in [1.54, 1.807) is 0 Å². The van der Waals surface area contributed by atoms with E-state index < -0.39 is 0 Å². The van der Waals surface area contributed by atoms with Crippen LogP contribution in [0.15, 0.2) is 0 Å². The molecular weight excluding hydrogens is 226 g/mol. The summed E-state index contributed by atoms with van der Waals surface area (Å²) in [7, 11) is 4.39. The van der Waals surface area contributed by atoms with Crippen molar-refractivity contribution in [3.05, 3.63) is 0 Å². The molecule has 4 nitrogen and oxygen atoms in total. The minimum absolute atomic E-state index is 0.150. The van der Waals surface area contributed by atoms with Crippen LogP contribution in [0.25, 0.3) is 0 Å². The van der Waals surface area contributed by atoms with E-state index in [0.29, 0.717) is 6.04 Å². The van der Waals surface area contributed by atoms with Crippen LogP contribution in [0.3, 0.4) is 0 Å². The van der Waals surface area contributed by atoms with Gasteiger partial charge in [0.2, 0.25) is 0 Å². The lowest BCUT2D eigenvalue weighted by molar-refractivity contribution is 0.0627. The van der Waals surface area contributed by atoms with Crippen molar-refractivity contribution in [3.63, 3.8) is 0 Å². The molecule has 0 spiro atoms. The Kier molecular flexibility index (Phi) is 4.64. The molecule has 1 heterocycles. The largest absolute Gasteiger partial charge is 0.380 e. The molecule has 2 fully saturated rings. The highest BCUT2D eigenvalue weighted by atomic mass is 16.5. The zero-order chi connectivity index (χ0) is 13.2. The molecule has 1 saturated heterocycles. The second-order valence-corrected chi connectivity index (χ2v) is 6.34. The Bertz CT molecular complexity index is 258. The highest BCUT2D eigenvalue weighted by Gasteiger charge is 2.42. The first-order valence-corrected chi connectivity index (χ1v) is 7.27. The highest BCUT2D eigenvalue weighted by molar-refractivity contribution is 5.01. The van der Waals surface area contributed by atoms with Gasteiger partial charge in [-0.3, -0.25) is 4.90 Å². The second kappa shape index (κ2) is 5.87. The molecular formula is C14H29N3O. The number of rotatable bonds is 7. The third-order valence-corrected chi connectivity index (χ3v) is 4.78. The van der Waals surface area contributed by atoms with Crippen LogP contribution in [0.4, 0.5) is 0 Å². The second-order valence-electron chi connectivity index (χ2n) is 6.34. The molecule has 1 aliphatic heterocycles. The van der Waals surface area contributed by atoms with Crippen LogP contribution < -0.4 is 5.73 Å². The third-order valence-electron chi connectivity index (χ3n) is 4.78. The van der Waals surface area contributed by atoms with Gasteiger partial charge in [0, 0.05) is 37.8 Å². The molecule has 0 aromatic rings. The van der Waals surface area contributed by atoms with Crippen molar-refractivity contribution in [3.8, 4) is 0 Å². The van der Waals surface area contributed by atoms with Crippen LogP contribution >= 0.6 is 0 Å². The number of hydrogen-bond donors (Lipinski definition) is 1. The van der Waals surface area contributed by atoms with Gasteiger partial charge in [-0.05, 0) is 46.2 Å². The highest BCUT2D eigenvalue weighted by Crippen LogP contribution is 2.30. The van der Waals surface area contributed by atoms with Crippen LogP contribution in [-0.4, -0.2) is 68.3 Å². The SMILES string of the molecule is CC1CC(CN)(N(C)CCOCC2CC2)CN1C. The summed E-state index contributed by atoms with van der Waals surface area (Å²) in [6.45, 7) is 6.89. The van der Waals surface area contributed by atoms with Gasteiger partial charge < -0.3 is 15.4 Å². The van der Waals surface area contributed by atoms with Crippen molar-refractivity contribution in [2.24, 2.45) is 11.7 Å². The average molecular weight is 255 g/mol. The zero-order valence-electron chi connectivity index (χ0n) is 12.2. The van der Waals surface area contributed by atoms with Gasteiger partial charge in [0.15, 0.2) is 0 Å². The van der Waals surface area contributed by atoms with E-state index in [-0.39, 0.29) is 5.54 Å². The number of likely N-dealkylation sites (tertiary alicyclic amines) is 1. The summed E-state index contributed by atoms with van der Waals surface area (Å²) in [5, 5.41) is 0. The standard InChI is InChI=1S/C14H29N3O/c1-12-8-14(10-15,11-16(12)2)17(3)6-7-18-9-13-4-5-13/h12-13H,4-11,15H2,1-3H3. The number of likely N-dealkylation sites (N-methyl/N-ethyl adjacent to an activating group) is 2. The van der Waals surface area contributed by atoms with Crippen molar-refractivity contribution in [1.82, 2.24) is 9.80 Å². The summed E-state index contributed by atoms with van der Waals surface area (Å²) >= 11 is 0. The lowest BCUT2D eigenvalue weighted by Crippen LogP contribution is -2.54. The monoisotopic (exact) mass is 255 g/mol. The smallest absolute Gasteiger partial charge is 0.0593 e. The number of ether oxygens (including phenoxy) is 1. The van der Waals surface area contributed by atoms with Crippen molar-refractivity contribution in [1.29, 1.82) is 0 Å². The molecule has 2 N–H and O–H groups in total. The molecule has 0 radical (unpaired) electrons. The summed E-state index contributed by atoms with van der Waals surface area (Å²) in [5.41, 5.74) is 6.20. The molecule has 2 rings (SSSR count). The van der Waals surface area contributed by atoms with Gasteiger partial charge in [-0.1, -0.05) is 0 Å². The quantitative estimate of drug-likeness (QED) is 0.682. The summed E-state index contributed by atoms with van der Waals surface area (Å²) in [5.74, 6) is 0.858. The van der Waals surface area contributed by atoms with Gasteiger partial charge >= 0.3 is 0 Å². The number of nitrogens with two attached hydrogens (primary N) is 1. The van der Waals surface area contributed by atoms with E-state index in [4.69, 9.17) is 10.5 Å². The molecule has 0 aromatic heterocycles. The fourth-order valence-electron chi connectivity index (χ4n) is 2.94. The molecule has 0 amide bonds. The van der Waals surface area contributed by atoms with Gasteiger partial charge in [0.05, 0.1) is 6.61 Å². The summed E-state index contributed by atoms with van der Waals surface area (Å²) < 4.78 is 5.73. The van der Waals surface area contributed by atoms with Crippen molar-refractivity contribution >= 4 is 0 Å². The molecule has 106 valence electrons. The van der Waals surface area contributed by atoms with E-state index in [2.05, 4.69) is 30.8 Å². The molecule has 0 aromatic carbocycles. The van der Waals surface area contributed by atoms with Crippen LogP contribution in [0, 0.1) is 5.92 Å². The number of hydrogen-bond acceptors (Lipinski definition) is 4. The van der Waals surface area contributed by atoms with Crippen LogP contribution in [0.1, 0.15) is 26.2 Å². The summed E-state index contributed by atoms with van der Waals surface area (Å²) in [4.78, 5) is 4.83. The predicted octanol–water partition coefficient (Wildman–Crippen LogP) is 0.766. The first-order valence-electron chi connectivity index (χ1n) is 7.27. The van der Waals surface area contributed by atoms with Crippen molar-refractivity contribution in [2.75, 3.05) is 46.9 Å². The maximum absolute atomic E-state index is 6.05. The Hall–Kier alpha value is -0.160. The molecule has 18 heavy (non-hydrogen) atoms. The normalized spacial score (nSPS) is 33.5. The topological polar surface area (TPSA) is 41.7 Å². The van der Waals surface area contributed by atoms with Gasteiger partial charge in [-0.2, -0.15) is 0 Å². The van der Waals surface area contributed by atoms with E-state index in [1.165, 1.54) is 19.3 Å². The molecule has 1 saturated carbocycles. The molecule has 1 aliphatic carbocycles. The van der Waals surface area contributed by atoms with Gasteiger partial charge in [0.25, 0.3) is 0 Å². The fraction of sp³-hybridized carbons (Fsp3) is 1.00. The lowest BCUT2D eigenvalue weighted by atomic mass is 9.94. The molecule has 2 unspecified atom stereocenters. The first kappa shape index (κ1) is 14.3. The Morgan fingerprint density at radius 2 is 2.17 bits per heavy atom. The molecule has 2 atom stereocenters. The minimum atomic E-state index is 0.150. The summed E-state index contributed by atoms with van der Waals surface area (Å²) in [6.07, 6.45) is 3.90. The first-order chi connectivity index (χ1) is 8.57. The Labute approximate surface area is 111 Å². The van der Waals surface area contributed by atoms with E-state index in [1.807, 2.05) is 0 Å².